The molecule has 0 aliphatic rings. The van der Waals surface area contributed by atoms with E-state index in [9.17, 15) is 4.79 Å². The summed E-state index contributed by atoms with van der Waals surface area (Å²) in [5.41, 5.74) is 2.96. The van der Waals surface area contributed by atoms with Gasteiger partial charge in [-0.3, -0.25) is 4.79 Å². The van der Waals surface area contributed by atoms with E-state index >= 15 is 0 Å². The zero-order valence-corrected chi connectivity index (χ0v) is 15.3. The van der Waals surface area contributed by atoms with Crippen LogP contribution < -0.4 is 14.8 Å². The van der Waals surface area contributed by atoms with Crippen molar-refractivity contribution in [3.63, 3.8) is 0 Å². The number of amides is 1. The molecule has 2 aromatic carbocycles. The largest absolute Gasteiger partial charge is 0.497 e. The Morgan fingerprint density at radius 1 is 1.07 bits per heavy atom. The van der Waals surface area contributed by atoms with Gasteiger partial charge in [0.15, 0.2) is 0 Å². The molecule has 0 unspecified atom stereocenters. The summed E-state index contributed by atoms with van der Waals surface area (Å²) < 4.78 is 10.7. The number of hydrogen-bond donors (Lipinski definition) is 1. The summed E-state index contributed by atoms with van der Waals surface area (Å²) in [5, 5.41) is 2.88. The van der Waals surface area contributed by atoms with Gasteiger partial charge in [0, 0.05) is 5.56 Å². The number of nitrogens with one attached hydrogen (secondary N) is 1. The Kier molecular flexibility index (Phi) is 5.99. The van der Waals surface area contributed by atoms with Crippen molar-refractivity contribution in [3.05, 3.63) is 72.2 Å². The summed E-state index contributed by atoms with van der Waals surface area (Å²) in [6, 6.07) is 16.7. The van der Waals surface area contributed by atoms with Gasteiger partial charge < -0.3 is 14.8 Å². The second-order valence-electron chi connectivity index (χ2n) is 5.73. The van der Waals surface area contributed by atoms with Crippen LogP contribution in [0.15, 0.2) is 60.9 Å². The molecule has 138 valence electrons. The van der Waals surface area contributed by atoms with E-state index in [4.69, 9.17) is 9.47 Å². The minimum Gasteiger partial charge on any atom is -0.497 e. The number of nitrogens with zero attached hydrogens (tertiary/aromatic N) is 2. The first kappa shape index (κ1) is 18.4. The fraction of sp³-hybridized carbons (Fsp3) is 0.190. The lowest BCUT2D eigenvalue weighted by atomic mass is 10.1. The van der Waals surface area contributed by atoms with Gasteiger partial charge in [-0.2, -0.15) is 0 Å². The highest BCUT2D eigenvalue weighted by Crippen LogP contribution is 2.21. The fourth-order valence-corrected chi connectivity index (χ4v) is 2.62. The van der Waals surface area contributed by atoms with E-state index in [1.807, 2.05) is 49.4 Å². The molecule has 0 radical (unpaired) electrons. The van der Waals surface area contributed by atoms with Crippen molar-refractivity contribution in [1.29, 1.82) is 0 Å². The van der Waals surface area contributed by atoms with Crippen LogP contribution in [0.2, 0.25) is 0 Å². The van der Waals surface area contributed by atoms with Crippen molar-refractivity contribution in [2.45, 2.75) is 13.5 Å². The van der Waals surface area contributed by atoms with Gasteiger partial charge in [-0.05, 0) is 49.4 Å². The van der Waals surface area contributed by atoms with Crippen molar-refractivity contribution >= 4 is 5.91 Å². The summed E-state index contributed by atoms with van der Waals surface area (Å²) in [6.45, 7) is 2.68. The standard InChI is InChI=1S/C21H21N3O3/c1-3-27-20-7-5-4-6-18(20)21(25)22-13-16-12-19(24-14-23-16)15-8-10-17(26-2)11-9-15/h4-12,14H,3,13H2,1-2H3,(H,22,25). The number of carbonyl (C=O) groups excluding carboxylic acids is 1. The monoisotopic (exact) mass is 363 g/mol. The van der Waals surface area contributed by atoms with Gasteiger partial charge in [0.25, 0.3) is 5.91 Å². The van der Waals surface area contributed by atoms with Crippen LogP contribution in [0.3, 0.4) is 0 Å². The molecule has 1 heterocycles. The SMILES string of the molecule is CCOc1ccccc1C(=O)NCc1cc(-c2ccc(OC)cc2)ncn1. The minimum atomic E-state index is -0.205. The molecule has 0 spiro atoms. The summed E-state index contributed by atoms with van der Waals surface area (Å²) in [5.74, 6) is 1.15. The first-order valence-corrected chi connectivity index (χ1v) is 8.66. The van der Waals surface area contributed by atoms with Gasteiger partial charge in [-0.15, -0.1) is 0 Å². The summed E-state index contributed by atoms with van der Waals surface area (Å²) in [4.78, 5) is 21.0. The van der Waals surface area contributed by atoms with E-state index in [0.29, 0.717) is 24.5 Å². The van der Waals surface area contributed by atoms with Crippen molar-refractivity contribution < 1.29 is 14.3 Å². The lowest BCUT2D eigenvalue weighted by Crippen LogP contribution is -2.24. The molecular weight excluding hydrogens is 342 g/mol. The molecule has 1 N–H and O–H groups in total. The molecular formula is C21H21N3O3. The van der Waals surface area contributed by atoms with E-state index in [-0.39, 0.29) is 5.91 Å². The first-order chi connectivity index (χ1) is 13.2. The molecule has 1 amide bonds. The Morgan fingerprint density at radius 3 is 2.59 bits per heavy atom. The topological polar surface area (TPSA) is 73.3 Å². The summed E-state index contributed by atoms with van der Waals surface area (Å²) in [7, 11) is 1.63. The molecule has 0 atom stereocenters. The highest BCUT2D eigenvalue weighted by Gasteiger charge is 2.12. The zero-order valence-electron chi connectivity index (χ0n) is 15.3. The number of rotatable bonds is 7. The predicted molar refractivity (Wildman–Crippen MR) is 103 cm³/mol. The third kappa shape index (κ3) is 4.61. The van der Waals surface area contributed by atoms with Crippen molar-refractivity contribution in [2.24, 2.45) is 0 Å². The summed E-state index contributed by atoms with van der Waals surface area (Å²) in [6.07, 6.45) is 1.50. The molecule has 0 saturated carbocycles. The van der Waals surface area contributed by atoms with Gasteiger partial charge in [0.1, 0.15) is 17.8 Å². The molecule has 6 nitrogen and oxygen atoms in total. The van der Waals surface area contributed by atoms with Crippen molar-refractivity contribution in [1.82, 2.24) is 15.3 Å². The van der Waals surface area contributed by atoms with E-state index in [1.165, 1.54) is 6.33 Å². The molecule has 0 saturated heterocycles. The third-order valence-corrected chi connectivity index (χ3v) is 3.97. The molecule has 6 heteroatoms. The van der Waals surface area contributed by atoms with Crippen LogP contribution in [0.1, 0.15) is 23.0 Å². The maximum Gasteiger partial charge on any atom is 0.255 e. The smallest absolute Gasteiger partial charge is 0.255 e. The lowest BCUT2D eigenvalue weighted by Gasteiger charge is -2.10. The maximum atomic E-state index is 12.5. The van der Waals surface area contributed by atoms with Crippen molar-refractivity contribution in [3.8, 4) is 22.8 Å². The van der Waals surface area contributed by atoms with E-state index in [2.05, 4.69) is 15.3 Å². The number of methoxy groups -OCH3 is 1. The number of aromatic nitrogens is 2. The molecule has 0 bridgehead atoms. The number of benzene rings is 2. The van der Waals surface area contributed by atoms with Crippen LogP contribution >= 0.6 is 0 Å². The highest BCUT2D eigenvalue weighted by molar-refractivity contribution is 5.96. The summed E-state index contributed by atoms with van der Waals surface area (Å²) >= 11 is 0. The molecule has 0 aliphatic heterocycles. The molecule has 3 rings (SSSR count). The van der Waals surface area contributed by atoms with Gasteiger partial charge >= 0.3 is 0 Å². The first-order valence-electron chi connectivity index (χ1n) is 8.66. The Labute approximate surface area is 158 Å². The molecule has 0 fully saturated rings. The fourth-order valence-electron chi connectivity index (χ4n) is 2.62. The Bertz CT molecular complexity index is 911. The normalized spacial score (nSPS) is 10.3. The van der Waals surface area contributed by atoms with Crippen LogP contribution in [0.4, 0.5) is 0 Å². The van der Waals surface area contributed by atoms with Gasteiger partial charge in [0.2, 0.25) is 0 Å². The number of carbonyl (C=O) groups is 1. The molecule has 0 aliphatic carbocycles. The second kappa shape index (κ2) is 8.80. The van der Waals surface area contributed by atoms with E-state index in [0.717, 1.165) is 22.7 Å². The van der Waals surface area contributed by atoms with E-state index in [1.54, 1.807) is 19.2 Å². The van der Waals surface area contributed by atoms with Gasteiger partial charge in [-0.1, -0.05) is 12.1 Å². The zero-order chi connectivity index (χ0) is 19.1. The van der Waals surface area contributed by atoms with Crippen molar-refractivity contribution in [2.75, 3.05) is 13.7 Å². The maximum absolute atomic E-state index is 12.5. The van der Waals surface area contributed by atoms with Crippen LogP contribution in [-0.4, -0.2) is 29.6 Å². The van der Waals surface area contributed by atoms with Gasteiger partial charge in [-0.25, -0.2) is 9.97 Å². The minimum absolute atomic E-state index is 0.205. The van der Waals surface area contributed by atoms with Crippen LogP contribution in [0, 0.1) is 0 Å². The number of hydrogen-bond acceptors (Lipinski definition) is 5. The molecule has 3 aromatic rings. The number of ether oxygens (including phenoxy) is 2. The Morgan fingerprint density at radius 2 is 1.85 bits per heavy atom. The quantitative estimate of drug-likeness (QED) is 0.696. The van der Waals surface area contributed by atoms with Crippen LogP contribution in [0.5, 0.6) is 11.5 Å². The molecule has 1 aromatic heterocycles. The number of para-hydroxylation sites is 1. The lowest BCUT2D eigenvalue weighted by molar-refractivity contribution is 0.0946. The van der Waals surface area contributed by atoms with Crippen LogP contribution in [0.25, 0.3) is 11.3 Å². The molecule has 27 heavy (non-hydrogen) atoms. The van der Waals surface area contributed by atoms with E-state index < -0.39 is 0 Å². The average molecular weight is 363 g/mol. The highest BCUT2D eigenvalue weighted by atomic mass is 16.5. The average Bonchev–Trinajstić information content (AvgIpc) is 2.73. The predicted octanol–water partition coefficient (Wildman–Crippen LogP) is 3.48. The Hall–Kier alpha value is -3.41. The second-order valence-corrected chi connectivity index (χ2v) is 5.73. The van der Waals surface area contributed by atoms with Gasteiger partial charge in [0.05, 0.1) is 37.2 Å². The van der Waals surface area contributed by atoms with Crippen LogP contribution in [-0.2, 0) is 6.54 Å². The Balaban J connectivity index is 1.70. The third-order valence-electron chi connectivity index (χ3n) is 3.97.